The van der Waals surface area contributed by atoms with Gasteiger partial charge in [-0.25, -0.2) is 15.0 Å². The second-order valence-electron chi connectivity index (χ2n) is 7.57. The summed E-state index contributed by atoms with van der Waals surface area (Å²) in [6.07, 6.45) is 4.28. The van der Waals surface area contributed by atoms with E-state index in [0.717, 1.165) is 34.8 Å². The van der Waals surface area contributed by atoms with Gasteiger partial charge in [0.25, 0.3) is 5.91 Å². The van der Waals surface area contributed by atoms with Crippen molar-refractivity contribution < 1.29 is 14.3 Å². The Morgan fingerprint density at radius 2 is 2.18 bits per heavy atom. The standard InChI is InChI=1S/C23H22N6O3S/c1-29-9-4-10-32-16-7-6-13(11-15(16)29)27-23-26-12-17-19(28-23)18(20(33-17)21(24)30)14-5-3-8-25-22(14)31-2/h3,5-8,11-12H,4,9-10H2,1-2H3,(H2,24,30)(H,26,27,28). The number of benzene rings is 1. The number of hydrogen-bond acceptors (Lipinski definition) is 9. The molecule has 0 bridgehead atoms. The fourth-order valence-corrected chi connectivity index (χ4v) is 4.85. The number of fused-ring (bicyclic) bond motifs is 2. The highest BCUT2D eigenvalue weighted by Gasteiger charge is 2.23. The summed E-state index contributed by atoms with van der Waals surface area (Å²) in [7, 11) is 3.58. The molecule has 1 amide bonds. The van der Waals surface area contributed by atoms with E-state index in [-0.39, 0.29) is 0 Å². The number of anilines is 3. The Labute approximate surface area is 194 Å². The van der Waals surface area contributed by atoms with Crippen LogP contribution in [0.5, 0.6) is 11.6 Å². The molecule has 0 spiro atoms. The minimum absolute atomic E-state index is 0.381. The van der Waals surface area contributed by atoms with Gasteiger partial charge in [-0.05, 0) is 36.8 Å². The predicted octanol–water partition coefficient (Wildman–Crippen LogP) is 3.82. The fraction of sp³-hybridized carbons (Fsp3) is 0.217. The Morgan fingerprint density at radius 3 is 3.00 bits per heavy atom. The van der Waals surface area contributed by atoms with Gasteiger partial charge in [0, 0.05) is 36.6 Å². The Bertz CT molecular complexity index is 1360. The van der Waals surface area contributed by atoms with E-state index in [1.807, 2.05) is 31.3 Å². The predicted molar refractivity (Wildman–Crippen MR) is 129 cm³/mol. The summed E-state index contributed by atoms with van der Waals surface area (Å²) in [6, 6.07) is 9.50. The molecule has 3 aromatic heterocycles. The summed E-state index contributed by atoms with van der Waals surface area (Å²) in [5.41, 5.74) is 9.37. The van der Waals surface area contributed by atoms with E-state index in [9.17, 15) is 4.79 Å². The smallest absolute Gasteiger partial charge is 0.259 e. The molecule has 0 fully saturated rings. The highest BCUT2D eigenvalue weighted by molar-refractivity contribution is 7.21. The van der Waals surface area contributed by atoms with Crippen LogP contribution < -0.4 is 25.4 Å². The minimum Gasteiger partial charge on any atom is -0.491 e. The molecular weight excluding hydrogens is 440 g/mol. The first-order chi connectivity index (χ1) is 16.0. The van der Waals surface area contributed by atoms with Gasteiger partial charge < -0.3 is 25.4 Å². The van der Waals surface area contributed by atoms with Crippen molar-refractivity contribution in [3.8, 4) is 22.8 Å². The third-order valence-electron chi connectivity index (χ3n) is 5.41. The quantitative estimate of drug-likeness (QED) is 0.460. The summed E-state index contributed by atoms with van der Waals surface area (Å²) >= 11 is 1.25. The number of carbonyl (C=O) groups excluding carboxylic acids is 1. The molecule has 5 rings (SSSR count). The lowest BCUT2D eigenvalue weighted by molar-refractivity contribution is 0.100. The number of nitrogens with one attached hydrogen (secondary N) is 1. The van der Waals surface area contributed by atoms with Gasteiger partial charge >= 0.3 is 0 Å². The number of thiophene rings is 1. The molecule has 4 heterocycles. The van der Waals surface area contributed by atoms with Gasteiger partial charge in [0.1, 0.15) is 10.6 Å². The maximum Gasteiger partial charge on any atom is 0.259 e. The number of rotatable bonds is 5. The Kier molecular flexibility index (Phi) is 5.43. The molecule has 0 unspecified atom stereocenters. The molecule has 1 aliphatic rings. The maximum absolute atomic E-state index is 12.2. The Balaban J connectivity index is 1.58. The zero-order valence-corrected chi connectivity index (χ0v) is 19.0. The number of carbonyl (C=O) groups is 1. The van der Waals surface area contributed by atoms with Crippen molar-refractivity contribution in [2.75, 3.05) is 37.5 Å². The largest absolute Gasteiger partial charge is 0.491 e. The minimum atomic E-state index is -0.540. The van der Waals surface area contributed by atoms with Crippen LogP contribution in [0.15, 0.2) is 42.7 Å². The molecule has 0 radical (unpaired) electrons. The number of hydrogen-bond donors (Lipinski definition) is 2. The molecule has 33 heavy (non-hydrogen) atoms. The van der Waals surface area contributed by atoms with Gasteiger partial charge in [-0.1, -0.05) is 0 Å². The molecule has 3 N–H and O–H groups in total. The van der Waals surface area contributed by atoms with Crippen molar-refractivity contribution in [1.29, 1.82) is 0 Å². The molecule has 0 saturated carbocycles. The summed E-state index contributed by atoms with van der Waals surface area (Å²) in [5.74, 6) is 1.10. The number of nitrogens with two attached hydrogens (primary N) is 1. The number of pyridine rings is 1. The highest BCUT2D eigenvalue weighted by atomic mass is 32.1. The van der Waals surface area contributed by atoms with Gasteiger partial charge in [-0.15, -0.1) is 11.3 Å². The number of amides is 1. The first kappa shape index (κ1) is 21.0. The van der Waals surface area contributed by atoms with Crippen LogP contribution in [0.2, 0.25) is 0 Å². The normalized spacial score (nSPS) is 13.2. The van der Waals surface area contributed by atoms with E-state index in [1.54, 1.807) is 18.5 Å². The van der Waals surface area contributed by atoms with Crippen LogP contribution >= 0.6 is 11.3 Å². The molecule has 10 heteroatoms. The summed E-state index contributed by atoms with van der Waals surface area (Å²) in [4.78, 5) is 28.2. The van der Waals surface area contributed by atoms with Crippen molar-refractivity contribution in [2.45, 2.75) is 6.42 Å². The average Bonchev–Trinajstić information content (AvgIpc) is 3.11. The lowest BCUT2D eigenvalue weighted by atomic mass is 10.1. The summed E-state index contributed by atoms with van der Waals surface area (Å²) in [5, 5.41) is 3.27. The maximum atomic E-state index is 12.2. The number of methoxy groups -OCH3 is 1. The van der Waals surface area contributed by atoms with Crippen molar-refractivity contribution in [1.82, 2.24) is 15.0 Å². The molecular formula is C23H22N6O3S. The van der Waals surface area contributed by atoms with E-state index >= 15 is 0 Å². The van der Waals surface area contributed by atoms with E-state index < -0.39 is 5.91 Å². The fourth-order valence-electron chi connectivity index (χ4n) is 3.87. The van der Waals surface area contributed by atoms with Crippen LogP contribution in [0.25, 0.3) is 21.3 Å². The average molecular weight is 463 g/mol. The van der Waals surface area contributed by atoms with Crippen molar-refractivity contribution in [2.24, 2.45) is 5.73 Å². The molecule has 9 nitrogen and oxygen atoms in total. The van der Waals surface area contributed by atoms with Crippen molar-refractivity contribution in [3.05, 3.63) is 47.6 Å². The van der Waals surface area contributed by atoms with Crippen molar-refractivity contribution in [3.63, 3.8) is 0 Å². The first-order valence-electron chi connectivity index (χ1n) is 10.4. The lowest BCUT2D eigenvalue weighted by Gasteiger charge is -2.19. The molecule has 4 aromatic rings. The van der Waals surface area contributed by atoms with Crippen LogP contribution in [0.1, 0.15) is 16.1 Å². The zero-order chi connectivity index (χ0) is 22.9. The second-order valence-corrected chi connectivity index (χ2v) is 8.62. The van der Waals surface area contributed by atoms with Crippen LogP contribution in [0.4, 0.5) is 17.3 Å². The number of nitrogens with zero attached hydrogens (tertiary/aromatic N) is 4. The lowest BCUT2D eigenvalue weighted by Crippen LogP contribution is -2.17. The van der Waals surface area contributed by atoms with Crippen LogP contribution in [0, 0.1) is 0 Å². The second kappa shape index (κ2) is 8.55. The number of aromatic nitrogens is 3. The summed E-state index contributed by atoms with van der Waals surface area (Å²) < 4.78 is 12.0. The van der Waals surface area contributed by atoms with E-state index in [4.69, 9.17) is 20.2 Å². The molecule has 0 aliphatic carbocycles. The monoisotopic (exact) mass is 462 g/mol. The van der Waals surface area contributed by atoms with E-state index in [1.165, 1.54) is 18.4 Å². The molecule has 168 valence electrons. The first-order valence-corrected chi connectivity index (χ1v) is 11.2. The molecule has 1 aromatic carbocycles. The molecule has 1 aliphatic heterocycles. The third kappa shape index (κ3) is 3.89. The number of primary amides is 1. The van der Waals surface area contributed by atoms with Crippen LogP contribution in [-0.4, -0.2) is 48.2 Å². The van der Waals surface area contributed by atoms with Gasteiger partial charge in [0.05, 0.1) is 35.8 Å². The van der Waals surface area contributed by atoms with Gasteiger partial charge in [-0.2, -0.15) is 0 Å². The highest BCUT2D eigenvalue weighted by Crippen LogP contribution is 2.41. The number of ether oxygens (including phenoxy) is 2. The van der Waals surface area contributed by atoms with Crippen LogP contribution in [0.3, 0.4) is 0 Å². The van der Waals surface area contributed by atoms with Gasteiger partial charge in [0.15, 0.2) is 0 Å². The van der Waals surface area contributed by atoms with Crippen molar-refractivity contribution >= 4 is 44.8 Å². The van der Waals surface area contributed by atoms with Crippen LogP contribution in [-0.2, 0) is 0 Å². The Morgan fingerprint density at radius 1 is 1.30 bits per heavy atom. The SMILES string of the molecule is COc1ncccc1-c1c(C(N)=O)sc2cnc(Nc3ccc4c(c3)N(C)CCCO4)nc12. The Hall–Kier alpha value is -3.92. The van der Waals surface area contributed by atoms with E-state index in [0.29, 0.717) is 40.0 Å². The van der Waals surface area contributed by atoms with Gasteiger partial charge in [0.2, 0.25) is 11.8 Å². The third-order valence-corrected chi connectivity index (χ3v) is 6.54. The summed E-state index contributed by atoms with van der Waals surface area (Å²) in [6.45, 7) is 1.62. The zero-order valence-electron chi connectivity index (χ0n) is 18.2. The topological polar surface area (TPSA) is 115 Å². The van der Waals surface area contributed by atoms with Gasteiger partial charge in [-0.3, -0.25) is 4.79 Å². The molecule has 0 saturated heterocycles. The molecule has 0 atom stereocenters. The van der Waals surface area contributed by atoms with E-state index in [2.05, 4.69) is 20.2 Å².